The molecule has 3 nitrogen and oxygen atoms in total. The highest BCUT2D eigenvalue weighted by molar-refractivity contribution is 6.04. The molecule has 16 heavy (non-hydrogen) atoms. The third-order valence-corrected chi connectivity index (χ3v) is 2.31. The summed E-state index contributed by atoms with van der Waals surface area (Å²) in [6, 6.07) is 5.28. The van der Waals surface area contributed by atoms with Gasteiger partial charge in [0.2, 0.25) is 0 Å². The number of carbonyl (C=O) groups excluding carboxylic acids is 2. The van der Waals surface area contributed by atoms with Gasteiger partial charge in [-0.05, 0) is 17.7 Å². The maximum atomic E-state index is 12.7. The van der Waals surface area contributed by atoms with Gasteiger partial charge in [0.25, 0.3) is 0 Å². The maximum Gasteiger partial charge on any atom is 0.320 e. The van der Waals surface area contributed by atoms with Crippen LogP contribution < -0.4 is 0 Å². The quantitative estimate of drug-likeness (QED) is 0.580. The van der Waals surface area contributed by atoms with Gasteiger partial charge in [0.15, 0.2) is 5.78 Å². The lowest BCUT2D eigenvalue weighted by atomic mass is 9.93. The average Bonchev–Trinajstić information content (AvgIpc) is 2.31. The molecular formula is C12H13FO3. The zero-order valence-corrected chi connectivity index (χ0v) is 9.20. The predicted molar refractivity (Wildman–Crippen MR) is 56.5 cm³/mol. The fourth-order valence-corrected chi connectivity index (χ4v) is 1.43. The van der Waals surface area contributed by atoms with Crippen LogP contribution in [0, 0.1) is 5.82 Å². The molecule has 1 aromatic rings. The number of benzene rings is 1. The zero-order chi connectivity index (χ0) is 12.1. The molecular weight excluding hydrogens is 211 g/mol. The van der Waals surface area contributed by atoms with Crippen molar-refractivity contribution >= 4 is 11.8 Å². The Morgan fingerprint density at radius 2 is 1.88 bits per heavy atom. The number of halogens is 1. The van der Waals surface area contributed by atoms with Crippen LogP contribution in [-0.4, -0.2) is 18.9 Å². The second kappa shape index (κ2) is 5.39. The minimum absolute atomic E-state index is 0.233. The van der Waals surface area contributed by atoms with Crippen LogP contribution in [0.4, 0.5) is 4.39 Å². The number of carbonyl (C=O) groups is 2. The first-order valence-corrected chi connectivity index (χ1v) is 4.96. The zero-order valence-electron chi connectivity index (χ0n) is 9.20. The topological polar surface area (TPSA) is 43.4 Å². The highest BCUT2D eigenvalue weighted by Crippen LogP contribution is 2.20. The van der Waals surface area contributed by atoms with E-state index in [1.165, 1.54) is 31.4 Å². The fraction of sp³-hybridized carbons (Fsp3) is 0.333. The molecule has 0 bridgehead atoms. The average molecular weight is 224 g/mol. The van der Waals surface area contributed by atoms with E-state index in [2.05, 4.69) is 4.74 Å². The Kier molecular flexibility index (Phi) is 4.17. The second-order valence-corrected chi connectivity index (χ2v) is 3.33. The third kappa shape index (κ3) is 2.66. The van der Waals surface area contributed by atoms with Gasteiger partial charge < -0.3 is 4.74 Å². The summed E-state index contributed by atoms with van der Waals surface area (Å²) in [5.41, 5.74) is 0.458. The van der Waals surface area contributed by atoms with Crippen molar-refractivity contribution in [2.24, 2.45) is 0 Å². The van der Waals surface area contributed by atoms with E-state index in [1.54, 1.807) is 6.92 Å². The SMILES string of the molecule is CCC(=O)C(C(=O)OC)c1ccc(F)cc1. The highest BCUT2D eigenvalue weighted by Gasteiger charge is 2.27. The van der Waals surface area contributed by atoms with E-state index in [-0.39, 0.29) is 12.2 Å². The van der Waals surface area contributed by atoms with Crippen molar-refractivity contribution in [3.63, 3.8) is 0 Å². The monoisotopic (exact) mass is 224 g/mol. The van der Waals surface area contributed by atoms with Gasteiger partial charge in [-0.25, -0.2) is 4.39 Å². The Morgan fingerprint density at radius 3 is 2.31 bits per heavy atom. The van der Waals surface area contributed by atoms with Crippen molar-refractivity contribution in [1.29, 1.82) is 0 Å². The number of ether oxygens (including phenoxy) is 1. The molecule has 0 spiro atoms. The largest absolute Gasteiger partial charge is 0.468 e. The van der Waals surface area contributed by atoms with Crippen molar-refractivity contribution in [2.75, 3.05) is 7.11 Å². The summed E-state index contributed by atoms with van der Waals surface area (Å²) in [4.78, 5) is 23.1. The summed E-state index contributed by atoms with van der Waals surface area (Å²) >= 11 is 0. The molecule has 0 aliphatic rings. The molecule has 0 saturated heterocycles. The lowest BCUT2D eigenvalue weighted by Crippen LogP contribution is -2.22. The summed E-state index contributed by atoms with van der Waals surface area (Å²) in [7, 11) is 1.22. The molecule has 1 aromatic carbocycles. The van der Waals surface area contributed by atoms with Crippen molar-refractivity contribution in [3.05, 3.63) is 35.6 Å². The molecule has 0 N–H and O–H groups in total. The molecule has 86 valence electrons. The number of hydrogen-bond acceptors (Lipinski definition) is 3. The Balaban J connectivity index is 3.06. The molecule has 0 aliphatic carbocycles. The lowest BCUT2D eigenvalue weighted by molar-refractivity contribution is -0.145. The Morgan fingerprint density at radius 1 is 1.31 bits per heavy atom. The Bertz CT molecular complexity index is 368. The molecule has 4 heteroatoms. The van der Waals surface area contributed by atoms with Gasteiger partial charge in [0.05, 0.1) is 7.11 Å². The van der Waals surface area contributed by atoms with Crippen molar-refractivity contribution in [3.8, 4) is 0 Å². The molecule has 0 fully saturated rings. The number of methoxy groups -OCH3 is 1. The first-order chi connectivity index (χ1) is 7.60. The van der Waals surface area contributed by atoms with Crippen LogP contribution in [-0.2, 0) is 14.3 Å². The van der Waals surface area contributed by atoms with Gasteiger partial charge in [-0.2, -0.15) is 0 Å². The van der Waals surface area contributed by atoms with Gasteiger partial charge in [0, 0.05) is 6.42 Å². The van der Waals surface area contributed by atoms with E-state index >= 15 is 0 Å². The van der Waals surface area contributed by atoms with Gasteiger partial charge >= 0.3 is 5.97 Å². The number of rotatable bonds is 4. The van der Waals surface area contributed by atoms with Crippen molar-refractivity contribution < 1.29 is 18.7 Å². The van der Waals surface area contributed by atoms with E-state index < -0.39 is 17.7 Å². The van der Waals surface area contributed by atoms with Crippen LogP contribution in [0.15, 0.2) is 24.3 Å². The third-order valence-electron chi connectivity index (χ3n) is 2.31. The molecule has 0 saturated carbocycles. The minimum Gasteiger partial charge on any atom is -0.468 e. The van der Waals surface area contributed by atoms with E-state index in [9.17, 15) is 14.0 Å². The molecule has 0 heterocycles. The van der Waals surface area contributed by atoms with Crippen molar-refractivity contribution in [1.82, 2.24) is 0 Å². The van der Waals surface area contributed by atoms with E-state index in [4.69, 9.17) is 0 Å². The first-order valence-electron chi connectivity index (χ1n) is 4.96. The highest BCUT2D eigenvalue weighted by atomic mass is 19.1. The number of Topliss-reactive ketones (excluding diaryl/α,β-unsaturated/α-hetero) is 1. The standard InChI is InChI=1S/C12H13FO3/c1-3-10(14)11(12(15)16-2)8-4-6-9(13)7-5-8/h4-7,11H,3H2,1-2H3. The van der Waals surface area contributed by atoms with Crippen LogP contribution in [0.1, 0.15) is 24.8 Å². The lowest BCUT2D eigenvalue weighted by Gasteiger charge is -2.12. The Labute approximate surface area is 93.2 Å². The molecule has 1 rings (SSSR count). The Hall–Kier alpha value is -1.71. The smallest absolute Gasteiger partial charge is 0.320 e. The number of ketones is 1. The van der Waals surface area contributed by atoms with Gasteiger partial charge in [-0.15, -0.1) is 0 Å². The molecule has 1 atom stereocenters. The van der Waals surface area contributed by atoms with Crippen LogP contribution >= 0.6 is 0 Å². The number of esters is 1. The molecule has 0 amide bonds. The molecule has 1 unspecified atom stereocenters. The normalized spacial score (nSPS) is 11.9. The molecule has 0 aliphatic heterocycles. The van der Waals surface area contributed by atoms with Gasteiger partial charge in [-0.3, -0.25) is 9.59 Å². The minimum atomic E-state index is -0.949. The summed E-state index contributed by atoms with van der Waals surface area (Å²) < 4.78 is 17.3. The number of hydrogen-bond donors (Lipinski definition) is 0. The van der Waals surface area contributed by atoms with Gasteiger partial charge in [0.1, 0.15) is 11.7 Å². The van der Waals surface area contributed by atoms with E-state index in [0.29, 0.717) is 5.56 Å². The van der Waals surface area contributed by atoms with Crippen LogP contribution in [0.3, 0.4) is 0 Å². The molecule has 0 radical (unpaired) electrons. The van der Waals surface area contributed by atoms with Gasteiger partial charge in [-0.1, -0.05) is 19.1 Å². The van der Waals surface area contributed by atoms with Crippen LogP contribution in [0.5, 0.6) is 0 Å². The van der Waals surface area contributed by atoms with Crippen LogP contribution in [0.2, 0.25) is 0 Å². The molecule has 0 aromatic heterocycles. The fourth-order valence-electron chi connectivity index (χ4n) is 1.43. The summed E-state index contributed by atoms with van der Waals surface area (Å²) in [5.74, 6) is -2.20. The second-order valence-electron chi connectivity index (χ2n) is 3.33. The van der Waals surface area contributed by atoms with E-state index in [0.717, 1.165) is 0 Å². The predicted octanol–water partition coefficient (Wildman–Crippen LogP) is 2.06. The maximum absolute atomic E-state index is 12.7. The summed E-state index contributed by atoms with van der Waals surface area (Å²) in [6.45, 7) is 1.67. The van der Waals surface area contributed by atoms with Crippen molar-refractivity contribution in [2.45, 2.75) is 19.3 Å². The van der Waals surface area contributed by atoms with Crippen LogP contribution in [0.25, 0.3) is 0 Å². The van der Waals surface area contributed by atoms with E-state index in [1.807, 2.05) is 0 Å². The first kappa shape index (κ1) is 12.4. The summed E-state index contributed by atoms with van der Waals surface area (Å²) in [6.07, 6.45) is 0.233. The summed E-state index contributed by atoms with van der Waals surface area (Å²) in [5, 5.41) is 0.